The maximum Gasteiger partial charge on any atom is 0.507 e. The van der Waals surface area contributed by atoms with Gasteiger partial charge in [-0.25, -0.2) is 23.8 Å². The normalized spacial score (nSPS) is 17.0. The van der Waals surface area contributed by atoms with Gasteiger partial charge in [-0.2, -0.15) is 5.10 Å². The number of halogens is 1. The van der Waals surface area contributed by atoms with Crippen LogP contribution >= 0.6 is 11.6 Å². The lowest BCUT2D eigenvalue weighted by atomic mass is 10.1. The van der Waals surface area contributed by atoms with Crippen molar-refractivity contribution in [3.63, 3.8) is 0 Å². The molecule has 1 aliphatic heterocycles. The van der Waals surface area contributed by atoms with Crippen LogP contribution in [-0.2, 0) is 17.7 Å². The summed E-state index contributed by atoms with van der Waals surface area (Å²) in [6, 6.07) is 3.39. The van der Waals surface area contributed by atoms with Crippen LogP contribution in [0.5, 0.6) is 0 Å². The molecule has 22 heavy (non-hydrogen) atoms. The number of rotatable bonds is 3. The molecule has 2 aromatic heterocycles. The van der Waals surface area contributed by atoms with E-state index >= 15 is 0 Å². The van der Waals surface area contributed by atoms with Crippen LogP contribution in [0.3, 0.4) is 0 Å². The second kappa shape index (κ2) is 5.80. The van der Waals surface area contributed by atoms with Crippen molar-refractivity contribution in [2.75, 3.05) is 0 Å². The third-order valence-corrected chi connectivity index (χ3v) is 3.66. The molecule has 2 aromatic rings. The Morgan fingerprint density at radius 3 is 3.00 bits per heavy atom. The fourth-order valence-corrected chi connectivity index (χ4v) is 2.60. The molecule has 0 spiro atoms. The first kappa shape index (κ1) is 14.6. The fraction of sp³-hybridized carbons (Fsp3) is 0.385. The minimum absolute atomic E-state index is 0.239. The zero-order valence-electron chi connectivity index (χ0n) is 11.5. The predicted molar refractivity (Wildman–Crippen MR) is 75.9 cm³/mol. The van der Waals surface area contributed by atoms with E-state index in [0.717, 1.165) is 12.0 Å². The lowest BCUT2D eigenvalue weighted by molar-refractivity contribution is 0.00392. The molecule has 0 unspecified atom stereocenters. The molecule has 0 amide bonds. The largest absolute Gasteiger partial charge is 0.507 e. The SMILES string of the molecule is O=C(O)O[C@H]1CCCc2nn(Cc3ccc(Cl)nc3)c(=O)n21. The molecule has 0 fully saturated rings. The number of aryl methyl sites for hydroxylation is 1. The van der Waals surface area contributed by atoms with Gasteiger partial charge in [0.15, 0.2) is 6.23 Å². The van der Waals surface area contributed by atoms with E-state index in [1.807, 2.05) is 0 Å². The first-order chi connectivity index (χ1) is 10.5. The lowest BCUT2D eigenvalue weighted by Gasteiger charge is -2.21. The summed E-state index contributed by atoms with van der Waals surface area (Å²) in [5.74, 6) is 0.532. The summed E-state index contributed by atoms with van der Waals surface area (Å²) in [5.41, 5.74) is 0.383. The Bertz CT molecular complexity index is 752. The molecule has 0 saturated heterocycles. The molecule has 0 aromatic carbocycles. The van der Waals surface area contributed by atoms with Gasteiger partial charge in [0.25, 0.3) is 0 Å². The highest BCUT2D eigenvalue weighted by molar-refractivity contribution is 6.29. The Kier molecular flexibility index (Phi) is 3.84. The monoisotopic (exact) mass is 324 g/mol. The quantitative estimate of drug-likeness (QED) is 0.681. The second-order valence-corrected chi connectivity index (χ2v) is 5.33. The number of hydrogen-bond donors (Lipinski definition) is 1. The van der Waals surface area contributed by atoms with Crippen LogP contribution in [0.4, 0.5) is 4.79 Å². The van der Waals surface area contributed by atoms with Gasteiger partial charge < -0.3 is 9.84 Å². The molecule has 116 valence electrons. The van der Waals surface area contributed by atoms with Crippen molar-refractivity contribution in [3.8, 4) is 0 Å². The zero-order chi connectivity index (χ0) is 15.7. The highest BCUT2D eigenvalue weighted by Gasteiger charge is 2.28. The molecular formula is C13H13ClN4O4. The smallest absolute Gasteiger partial charge is 0.450 e. The summed E-state index contributed by atoms with van der Waals surface area (Å²) < 4.78 is 7.36. The van der Waals surface area contributed by atoms with E-state index in [2.05, 4.69) is 10.1 Å². The Hall–Kier alpha value is -2.35. The van der Waals surface area contributed by atoms with Gasteiger partial charge in [0.2, 0.25) is 0 Å². The minimum Gasteiger partial charge on any atom is -0.450 e. The Morgan fingerprint density at radius 2 is 2.32 bits per heavy atom. The molecule has 1 N–H and O–H groups in total. The third-order valence-electron chi connectivity index (χ3n) is 3.44. The lowest BCUT2D eigenvalue weighted by Crippen LogP contribution is -2.33. The standard InChI is InChI=1S/C13H13ClN4O4/c14-9-5-4-8(6-15-9)7-17-12(19)18-10(16-17)2-1-3-11(18)22-13(20)21/h4-6,11H,1-3,7H2,(H,20,21)/t11-/m0/s1. The van der Waals surface area contributed by atoms with Crippen LogP contribution in [-0.4, -0.2) is 30.6 Å². The van der Waals surface area contributed by atoms with E-state index in [4.69, 9.17) is 21.4 Å². The minimum atomic E-state index is -1.40. The van der Waals surface area contributed by atoms with Gasteiger partial charge in [-0.3, -0.25) is 0 Å². The van der Waals surface area contributed by atoms with E-state index in [9.17, 15) is 9.59 Å². The predicted octanol–water partition coefficient (Wildman–Crippen LogP) is 1.67. The van der Waals surface area contributed by atoms with Crippen LogP contribution in [0.1, 0.15) is 30.5 Å². The van der Waals surface area contributed by atoms with Crippen molar-refractivity contribution >= 4 is 17.8 Å². The maximum absolute atomic E-state index is 12.4. The zero-order valence-corrected chi connectivity index (χ0v) is 12.2. The first-order valence-corrected chi connectivity index (χ1v) is 7.10. The Morgan fingerprint density at radius 1 is 1.50 bits per heavy atom. The average Bonchev–Trinajstić information content (AvgIpc) is 2.78. The van der Waals surface area contributed by atoms with Gasteiger partial charge in [0.1, 0.15) is 11.0 Å². The van der Waals surface area contributed by atoms with Crippen LogP contribution in [0.2, 0.25) is 5.15 Å². The molecule has 3 rings (SSSR count). The van der Waals surface area contributed by atoms with E-state index in [-0.39, 0.29) is 6.54 Å². The molecule has 3 heterocycles. The highest BCUT2D eigenvalue weighted by atomic mass is 35.5. The van der Waals surface area contributed by atoms with Crippen molar-refractivity contribution in [2.24, 2.45) is 0 Å². The molecule has 0 bridgehead atoms. The fourth-order valence-electron chi connectivity index (χ4n) is 2.49. The topological polar surface area (TPSA) is 99.2 Å². The summed E-state index contributed by atoms with van der Waals surface area (Å²) in [5, 5.41) is 13.4. The average molecular weight is 325 g/mol. The molecule has 9 heteroatoms. The van der Waals surface area contributed by atoms with Crippen molar-refractivity contribution in [1.29, 1.82) is 0 Å². The van der Waals surface area contributed by atoms with E-state index in [1.165, 1.54) is 9.25 Å². The van der Waals surface area contributed by atoms with E-state index in [1.54, 1.807) is 18.3 Å². The number of aromatic nitrogens is 4. The van der Waals surface area contributed by atoms with Gasteiger partial charge in [0, 0.05) is 19.0 Å². The molecule has 8 nitrogen and oxygen atoms in total. The van der Waals surface area contributed by atoms with Crippen LogP contribution in [0.25, 0.3) is 0 Å². The van der Waals surface area contributed by atoms with Crippen LogP contribution in [0, 0.1) is 0 Å². The summed E-state index contributed by atoms with van der Waals surface area (Å²) in [7, 11) is 0. The van der Waals surface area contributed by atoms with Crippen molar-refractivity contribution in [3.05, 3.63) is 45.4 Å². The van der Waals surface area contributed by atoms with Gasteiger partial charge in [0.05, 0.1) is 6.54 Å². The molecule has 1 aliphatic rings. The van der Waals surface area contributed by atoms with Crippen LogP contribution < -0.4 is 5.69 Å². The number of pyridine rings is 1. The van der Waals surface area contributed by atoms with Crippen molar-refractivity contribution < 1.29 is 14.6 Å². The highest BCUT2D eigenvalue weighted by Crippen LogP contribution is 2.23. The molecule has 0 aliphatic carbocycles. The van der Waals surface area contributed by atoms with E-state index in [0.29, 0.717) is 23.8 Å². The van der Waals surface area contributed by atoms with Gasteiger partial charge in [-0.1, -0.05) is 17.7 Å². The molecular weight excluding hydrogens is 312 g/mol. The summed E-state index contributed by atoms with van der Waals surface area (Å²) in [4.78, 5) is 27.1. The van der Waals surface area contributed by atoms with E-state index < -0.39 is 18.1 Å². The first-order valence-electron chi connectivity index (χ1n) is 6.73. The number of carboxylic acid groups (broad SMARTS) is 1. The van der Waals surface area contributed by atoms with Gasteiger partial charge in [-0.05, 0) is 18.1 Å². The van der Waals surface area contributed by atoms with Gasteiger partial charge >= 0.3 is 11.8 Å². The number of carbonyl (C=O) groups is 1. The number of fused-ring (bicyclic) bond motifs is 1. The summed E-state index contributed by atoms with van der Waals surface area (Å²) >= 11 is 5.72. The number of hydrogen-bond acceptors (Lipinski definition) is 5. The molecule has 0 saturated carbocycles. The Labute approximate surface area is 129 Å². The summed E-state index contributed by atoms with van der Waals surface area (Å²) in [6.07, 6.45) is 1.15. The van der Waals surface area contributed by atoms with Crippen LogP contribution in [0.15, 0.2) is 23.1 Å². The van der Waals surface area contributed by atoms with Gasteiger partial charge in [-0.15, -0.1) is 0 Å². The Balaban J connectivity index is 1.91. The molecule has 0 radical (unpaired) electrons. The number of nitrogens with zero attached hydrogens (tertiary/aromatic N) is 4. The third kappa shape index (κ3) is 2.82. The molecule has 1 atom stereocenters. The van der Waals surface area contributed by atoms with Crippen molar-refractivity contribution in [2.45, 2.75) is 32.0 Å². The summed E-state index contributed by atoms with van der Waals surface area (Å²) in [6.45, 7) is 0.239. The number of ether oxygens (including phenoxy) is 1. The maximum atomic E-state index is 12.4. The second-order valence-electron chi connectivity index (χ2n) is 4.95. The van der Waals surface area contributed by atoms with Crippen molar-refractivity contribution in [1.82, 2.24) is 19.3 Å².